The number of thiophene rings is 1. The minimum atomic E-state index is 0.0447. The first-order valence-electron chi connectivity index (χ1n) is 10.0. The lowest BCUT2D eigenvalue weighted by atomic mass is 10.2. The number of benzene rings is 1. The first kappa shape index (κ1) is 19.2. The Balaban J connectivity index is 1.40. The molecule has 0 radical (unpaired) electrons. The number of rotatable bonds is 6. The monoisotopic (exact) mass is 396 g/mol. The van der Waals surface area contributed by atoms with E-state index in [9.17, 15) is 4.79 Å². The molecule has 3 heterocycles. The maximum absolute atomic E-state index is 12.8. The van der Waals surface area contributed by atoms with Gasteiger partial charge in [-0.2, -0.15) is 5.10 Å². The summed E-state index contributed by atoms with van der Waals surface area (Å²) in [5.74, 6) is 0.569. The second kappa shape index (κ2) is 8.05. The third-order valence-corrected chi connectivity index (χ3v) is 6.37. The number of fused-ring (bicyclic) bond motifs is 1. The van der Waals surface area contributed by atoms with Crippen LogP contribution in [0.1, 0.15) is 41.2 Å². The SMILES string of the molecule is Cc1nn(CC(C)C)c2sc(C(=O)N[C@H]3CCN(Cc4ccccc4)C3)cc12. The van der Waals surface area contributed by atoms with Crippen LogP contribution in [0.2, 0.25) is 0 Å². The molecule has 0 saturated carbocycles. The van der Waals surface area contributed by atoms with E-state index < -0.39 is 0 Å². The topological polar surface area (TPSA) is 50.2 Å². The van der Waals surface area contributed by atoms with E-state index in [1.165, 1.54) is 5.56 Å². The third kappa shape index (κ3) is 4.13. The van der Waals surface area contributed by atoms with Crippen LogP contribution in [-0.4, -0.2) is 39.7 Å². The number of amides is 1. The molecule has 0 bridgehead atoms. The first-order valence-corrected chi connectivity index (χ1v) is 10.9. The molecule has 2 aromatic heterocycles. The fraction of sp³-hybridized carbons (Fsp3) is 0.455. The molecule has 1 aromatic carbocycles. The fourth-order valence-electron chi connectivity index (χ4n) is 3.89. The molecule has 3 aromatic rings. The minimum absolute atomic E-state index is 0.0447. The Labute approximate surface area is 170 Å². The number of aromatic nitrogens is 2. The van der Waals surface area contributed by atoms with Crippen molar-refractivity contribution in [1.29, 1.82) is 0 Å². The summed E-state index contributed by atoms with van der Waals surface area (Å²) < 4.78 is 2.05. The van der Waals surface area contributed by atoms with E-state index in [1.807, 2.05) is 23.7 Å². The lowest BCUT2D eigenvalue weighted by molar-refractivity contribution is 0.0942. The second-order valence-corrected chi connectivity index (χ2v) is 9.20. The lowest BCUT2D eigenvalue weighted by Gasteiger charge is -2.16. The zero-order valence-electron chi connectivity index (χ0n) is 16.8. The van der Waals surface area contributed by atoms with Crippen LogP contribution in [0.5, 0.6) is 0 Å². The average molecular weight is 397 g/mol. The van der Waals surface area contributed by atoms with Crippen LogP contribution in [0.4, 0.5) is 0 Å². The Morgan fingerprint density at radius 2 is 2.11 bits per heavy atom. The molecule has 1 saturated heterocycles. The van der Waals surface area contributed by atoms with E-state index in [1.54, 1.807) is 11.3 Å². The van der Waals surface area contributed by atoms with Crippen LogP contribution in [0.25, 0.3) is 10.2 Å². The van der Waals surface area contributed by atoms with Gasteiger partial charge in [-0.15, -0.1) is 11.3 Å². The van der Waals surface area contributed by atoms with E-state index in [4.69, 9.17) is 0 Å². The number of likely N-dealkylation sites (tertiary alicyclic amines) is 1. The van der Waals surface area contributed by atoms with Gasteiger partial charge in [0.15, 0.2) is 0 Å². The van der Waals surface area contributed by atoms with Crippen LogP contribution >= 0.6 is 11.3 Å². The molecule has 6 heteroatoms. The normalized spacial score (nSPS) is 17.6. The van der Waals surface area contributed by atoms with Gasteiger partial charge in [0.1, 0.15) is 4.83 Å². The Morgan fingerprint density at radius 3 is 2.86 bits per heavy atom. The molecule has 1 N–H and O–H groups in total. The summed E-state index contributed by atoms with van der Waals surface area (Å²) in [4.78, 5) is 17.1. The number of nitrogens with zero attached hydrogens (tertiary/aromatic N) is 3. The number of carbonyl (C=O) groups is 1. The molecule has 0 aliphatic carbocycles. The average Bonchev–Trinajstić information content (AvgIpc) is 3.34. The molecule has 0 spiro atoms. The van der Waals surface area contributed by atoms with Crippen LogP contribution in [0.3, 0.4) is 0 Å². The maximum Gasteiger partial charge on any atom is 0.261 e. The number of hydrogen-bond donors (Lipinski definition) is 1. The maximum atomic E-state index is 12.8. The summed E-state index contributed by atoms with van der Waals surface area (Å²) in [5, 5.41) is 8.98. The highest BCUT2D eigenvalue weighted by Crippen LogP contribution is 2.29. The molecule has 1 fully saturated rings. The van der Waals surface area contributed by atoms with E-state index in [0.29, 0.717) is 5.92 Å². The fourth-order valence-corrected chi connectivity index (χ4v) is 4.96. The van der Waals surface area contributed by atoms with Gasteiger partial charge in [-0.3, -0.25) is 14.4 Å². The van der Waals surface area contributed by atoms with E-state index in [-0.39, 0.29) is 11.9 Å². The highest BCUT2D eigenvalue weighted by Gasteiger charge is 2.25. The van der Waals surface area contributed by atoms with Gasteiger partial charge in [-0.05, 0) is 30.9 Å². The Bertz CT molecular complexity index is 960. The summed E-state index contributed by atoms with van der Waals surface area (Å²) in [6.07, 6.45) is 1.00. The number of hydrogen-bond acceptors (Lipinski definition) is 4. The summed E-state index contributed by atoms with van der Waals surface area (Å²) in [6.45, 7) is 10.1. The van der Waals surface area contributed by atoms with E-state index in [0.717, 1.165) is 53.4 Å². The van der Waals surface area contributed by atoms with Crippen LogP contribution < -0.4 is 5.32 Å². The van der Waals surface area contributed by atoms with Crippen molar-refractivity contribution in [3.63, 3.8) is 0 Å². The van der Waals surface area contributed by atoms with Gasteiger partial charge in [0.2, 0.25) is 0 Å². The van der Waals surface area contributed by atoms with Crippen LogP contribution in [-0.2, 0) is 13.1 Å². The predicted octanol–water partition coefficient (Wildman–Crippen LogP) is 4.07. The van der Waals surface area contributed by atoms with Crippen molar-refractivity contribution >= 4 is 27.5 Å². The summed E-state index contributed by atoms with van der Waals surface area (Å²) in [6, 6.07) is 12.7. The van der Waals surface area contributed by atoms with Crippen molar-refractivity contribution in [2.24, 2.45) is 5.92 Å². The molecule has 5 nitrogen and oxygen atoms in total. The molecule has 148 valence electrons. The van der Waals surface area contributed by atoms with Gasteiger partial charge in [-0.25, -0.2) is 0 Å². The Kier molecular flexibility index (Phi) is 5.51. The van der Waals surface area contributed by atoms with Gasteiger partial charge in [0.05, 0.1) is 10.6 Å². The van der Waals surface area contributed by atoms with Gasteiger partial charge in [-0.1, -0.05) is 44.2 Å². The standard InChI is InChI=1S/C22H28N4OS/c1-15(2)12-26-22-19(16(3)24-26)11-20(28-22)21(27)23-18-9-10-25(14-18)13-17-7-5-4-6-8-17/h4-8,11,15,18H,9-10,12-14H2,1-3H3,(H,23,27)/t18-/m0/s1. The zero-order valence-corrected chi connectivity index (χ0v) is 17.6. The third-order valence-electron chi connectivity index (χ3n) is 5.23. The number of nitrogens with one attached hydrogen (secondary N) is 1. The van der Waals surface area contributed by atoms with Crippen molar-refractivity contribution in [3.8, 4) is 0 Å². The van der Waals surface area contributed by atoms with Crippen LogP contribution in [0.15, 0.2) is 36.4 Å². The Morgan fingerprint density at radius 1 is 1.32 bits per heavy atom. The molecule has 1 amide bonds. The van der Waals surface area contributed by atoms with Crippen molar-refractivity contribution in [2.75, 3.05) is 13.1 Å². The lowest BCUT2D eigenvalue weighted by Crippen LogP contribution is -2.36. The van der Waals surface area contributed by atoms with Crippen LogP contribution in [0, 0.1) is 12.8 Å². The molecule has 0 unspecified atom stereocenters. The molecule has 1 atom stereocenters. The predicted molar refractivity (Wildman–Crippen MR) is 115 cm³/mol. The van der Waals surface area contributed by atoms with Crippen molar-refractivity contribution in [2.45, 2.75) is 46.3 Å². The number of carbonyl (C=O) groups excluding carboxylic acids is 1. The minimum Gasteiger partial charge on any atom is -0.347 e. The summed E-state index contributed by atoms with van der Waals surface area (Å²) in [5.41, 5.74) is 2.32. The molecule has 1 aliphatic rings. The molecular formula is C22H28N4OS. The number of aryl methyl sites for hydroxylation is 1. The smallest absolute Gasteiger partial charge is 0.261 e. The largest absolute Gasteiger partial charge is 0.347 e. The van der Waals surface area contributed by atoms with Crippen molar-refractivity contribution in [1.82, 2.24) is 20.0 Å². The van der Waals surface area contributed by atoms with Gasteiger partial charge in [0.25, 0.3) is 5.91 Å². The quantitative estimate of drug-likeness (QED) is 0.683. The van der Waals surface area contributed by atoms with Gasteiger partial charge in [0, 0.05) is 37.6 Å². The highest BCUT2D eigenvalue weighted by molar-refractivity contribution is 7.20. The van der Waals surface area contributed by atoms with E-state index >= 15 is 0 Å². The molecule has 28 heavy (non-hydrogen) atoms. The zero-order chi connectivity index (χ0) is 19.7. The molecular weight excluding hydrogens is 368 g/mol. The van der Waals surface area contributed by atoms with E-state index in [2.05, 4.69) is 53.4 Å². The van der Waals surface area contributed by atoms with Crippen molar-refractivity contribution < 1.29 is 4.79 Å². The Hall–Kier alpha value is -2.18. The first-order chi connectivity index (χ1) is 13.5. The summed E-state index contributed by atoms with van der Waals surface area (Å²) >= 11 is 1.56. The molecule has 1 aliphatic heterocycles. The van der Waals surface area contributed by atoms with Crippen molar-refractivity contribution in [3.05, 3.63) is 52.5 Å². The van der Waals surface area contributed by atoms with Gasteiger partial charge >= 0.3 is 0 Å². The van der Waals surface area contributed by atoms with Gasteiger partial charge < -0.3 is 5.32 Å². The highest BCUT2D eigenvalue weighted by atomic mass is 32.1. The summed E-state index contributed by atoms with van der Waals surface area (Å²) in [7, 11) is 0. The molecule has 4 rings (SSSR count). The second-order valence-electron chi connectivity index (χ2n) is 8.17.